The molecule has 0 aliphatic carbocycles. The average Bonchev–Trinajstić information content (AvgIpc) is 3.21. The van der Waals surface area contributed by atoms with Gasteiger partial charge in [0.25, 0.3) is 5.91 Å². The highest BCUT2D eigenvalue weighted by Gasteiger charge is 2.18. The van der Waals surface area contributed by atoms with E-state index in [1.54, 1.807) is 19.6 Å². The number of aromatic nitrogens is 5. The Labute approximate surface area is 145 Å². The monoisotopic (exact) mass is 342 g/mol. The van der Waals surface area contributed by atoms with E-state index in [-0.39, 0.29) is 11.9 Å². The fraction of sp³-hybridized carbons (Fsp3) is 0.412. The summed E-state index contributed by atoms with van der Waals surface area (Å²) in [4.78, 5) is 16.9. The number of nitrogens with one attached hydrogen (secondary N) is 1. The first-order valence-electron chi connectivity index (χ1n) is 8.21. The summed E-state index contributed by atoms with van der Waals surface area (Å²) in [6.07, 6.45) is 6.19. The lowest BCUT2D eigenvalue weighted by atomic mass is 10.3. The van der Waals surface area contributed by atoms with Crippen molar-refractivity contribution in [3.63, 3.8) is 0 Å². The molecule has 8 nitrogen and oxygen atoms in total. The van der Waals surface area contributed by atoms with E-state index in [0.717, 1.165) is 24.2 Å². The predicted molar refractivity (Wildman–Crippen MR) is 92.3 cm³/mol. The van der Waals surface area contributed by atoms with Crippen LogP contribution < -0.4 is 5.32 Å². The van der Waals surface area contributed by atoms with Gasteiger partial charge in [0.1, 0.15) is 17.7 Å². The van der Waals surface area contributed by atoms with Crippen LogP contribution in [0.25, 0.3) is 5.65 Å². The summed E-state index contributed by atoms with van der Waals surface area (Å²) in [6, 6.07) is 3.58. The second-order valence-corrected chi connectivity index (χ2v) is 6.02. The number of imidazole rings is 1. The van der Waals surface area contributed by atoms with Crippen LogP contribution >= 0.6 is 0 Å². The van der Waals surface area contributed by atoms with E-state index in [2.05, 4.69) is 20.5 Å². The number of carbonyl (C=O) groups excluding carboxylic acids is 1. The van der Waals surface area contributed by atoms with Crippen molar-refractivity contribution < 1.29 is 9.53 Å². The van der Waals surface area contributed by atoms with Crippen LogP contribution in [-0.4, -0.2) is 43.8 Å². The minimum absolute atomic E-state index is 0.236. The predicted octanol–water partition coefficient (Wildman–Crippen LogP) is 1.76. The lowest BCUT2D eigenvalue weighted by Crippen LogP contribution is -2.29. The zero-order valence-corrected chi connectivity index (χ0v) is 14.6. The minimum atomic E-state index is -0.274. The van der Waals surface area contributed by atoms with Crippen LogP contribution in [0.4, 0.5) is 0 Å². The van der Waals surface area contributed by atoms with Gasteiger partial charge in [-0.05, 0) is 31.9 Å². The Balaban J connectivity index is 1.70. The Bertz CT molecular complexity index is 869. The maximum absolute atomic E-state index is 12.5. The van der Waals surface area contributed by atoms with Crippen LogP contribution in [-0.2, 0) is 11.3 Å². The molecule has 0 aliphatic heterocycles. The van der Waals surface area contributed by atoms with Gasteiger partial charge in [0.05, 0.1) is 6.04 Å². The topological polar surface area (TPSA) is 86.3 Å². The Morgan fingerprint density at radius 1 is 1.36 bits per heavy atom. The molecule has 132 valence electrons. The first-order chi connectivity index (χ1) is 12.1. The van der Waals surface area contributed by atoms with E-state index >= 15 is 0 Å². The number of hydrogen-bond acceptors (Lipinski definition) is 5. The molecule has 3 rings (SSSR count). The molecule has 0 radical (unpaired) electrons. The first kappa shape index (κ1) is 17.1. The van der Waals surface area contributed by atoms with E-state index in [1.807, 2.05) is 41.1 Å². The van der Waals surface area contributed by atoms with Crippen molar-refractivity contribution in [1.82, 2.24) is 29.5 Å². The minimum Gasteiger partial charge on any atom is -0.385 e. The maximum Gasteiger partial charge on any atom is 0.272 e. The SMILES string of the molecule is COCCCn1cnnc1C(C)NC(=O)c1cn2cc(C)ccc2n1. The zero-order chi connectivity index (χ0) is 17.8. The number of methoxy groups -OCH3 is 1. The van der Waals surface area contributed by atoms with Gasteiger partial charge >= 0.3 is 0 Å². The van der Waals surface area contributed by atoms with Gasteiger partial charge in [-0.2, -0.15) is 0 Å². The molecule has 25 heavy (non-hydrogen) atoms. The van der Waals surface area contributed by atoms with Crippen molar-refractivity contribution in [2.45, 2.75) is 32.9 Å². The molecule has 1 unspecified atom stereocenters. The number of hydrogen-bond donors (Lipinski definition) is 1. The van der Waals surface area contributed by atoms with Gasteiger partial charge < -0.3 is 19.0 Å². The summed E-state index contributed by atoms with van der Waals surface area (Å²) < 4.78 is 8.84. The number of fused-ring (bicyclic) bond motifs is 1. The lowest BCUT2D eigenvalue weighted by Gasteiger charge is -2.14. The number of amides is 1. The van der Waals surface area contributed by atoms with E-state index in [9.17, 15) is 4.79 Å². The summed E-state index contributed by atoms with van der Waals surface area (Å²) in [6.45, 7) is 5.29. The van der Waals surface area contributed by atoms with Crippen molar-refractivity contribution in [2.24, 2.45) is 0 Å². The fourth-order valence-corrected chi connectivity index (χ4v) is 2.70. The summed E-state index contributed by atoms with van der Waals surface area (Å²) in [5.74, 6) is 0.476. The third kappa shape index (κ3) is 3.85. The van der Waals surface area contributed by atoms with Crippen LogP contribution in [0, 0.1) is 6.92 Å². The summed E-state index contributed by atoms with van der Waals surface area (Å²) in [5, 5.41) is 11.0. The Kier molecular flexibility index (Phi) is 5.08. The smallest absolute Gasteiger partial charge is 0.272 e. The number of carbonyl (C=O) groups is 1. The Morgan fingerprint density at radius 2 is 2.20 bits per heavy atom. The molecule has 0 fully saturated rings. The van der Waals surface area contributed by atoms with Crippen molar-refractivity contribution in [1.29, 1.82) is 0 Å². The van der Waals surface area contributed by atoms with E-state index in [1.165, 1.54) is 0 Å². The van der Waals surface area contributed by atoms with E-state index < -0.39 is 0 Å². The largest absolute Gasteiger partial charge is 0.385 e. The second-order valence-electron chi connectivity index (χ2n) is 6.02. The first-order valence-corrected chi connectivity index (χ1v) is 8.21. The second kappa shape index (κ2) is 7.43. The lowest BCUT2D eigenvalue weighted by molar-refractivity contribution is 0.0933. The molecule has 0 saturated carbocycles. The van der Waals surface area contributed by atoms with Gasteiger partial charge in [0, 0.05) is 32.7 Å². The standard InChI is InChI=1S/C17H22N6O2/c1-12-5-6-15-20-14(10-23(15)9-12)17(24)19-13(2)16-21-18-11-22(16)7-4-8-25-3/h5-6,9-11,13H,4,7-8H2,1-3H3,(H,19,24). The van der Waals surface area contributed by atoms with Crippen molar-refractivity contribution >= 4 is 11.6 Å². The van der Waals surface area contributed by atoms with E-state index in [0.29, 0.717) is 18.1 Å². The number of ether oxygens (including phenoxy) is 1. The normalized spacial score (nSPS) is 12.4. The zero-order valence-electron chi connectivity index (χ0n) is 14.6. The average molecular weight is 342 g/mol. The molecule has 0 aliphatic rings. The number of pyridine rings is 1. The number of nitrogens with zero attached hydrogens (tertiary/aromatic N) is 5. The van der Waals surface area contributed by atoms with Gasteiger partial charge in [-0.25, -0.2) is 4.98 Å². The molecule has 0 aromatic carbocycles. The molecular formula is C17H22N6O2. The summed E-state index contributed by atoms with van der Waals surface area (Å²) >= 11 is 0. The molecule has 3 aromatic heterocycles. The molecule has 1 amide bonds. The number of aryl methyl sites for hydroxylation is 2. The molecule has 8 heteroatoms. The highest BCUT2D eigenvalue weighted by atomic mass is 16.5. The van der Waals surface area contributed by atoms with Crippen molar-refractivity contribution in [2.75, 3.05) is 13.7 Å². The summed E-state index contributed by atoms with van der Waals surface area (Å²) in [5.41, 5.74) is 2.23. The van der Waals surface area contributed by atoms with Crippen molar-refractivity contribution in [3.05, 3.63) is 47.9 Å². The molecular weight excluding hydrogens is 320 g/mol. The molecule has 0 saturated heterocycles. The molecule has 1 atom stereocenters. The molecule has 3 aromatic rings. The molecule has 0 spiro atoms. The van der Waals surface area contributed by atoms with Gasteiger partial charge in [-0.1, -0.05) is 6.07 Å². The Hall–Kier alpha value is -2.74. The Morgan fingerprint density at radius 3 is 3.00 bits per heavy atom. The number of rotatable bonds is 7. The van der Waals surface area contributed by atoms with Crippen molar-refractivity contribution in [3.8, 4) is 0 Å². The summed E-state index contributed by atoms with van der Waals surface area (Å²) in [7, 11) is 1.67. The highest BCUT2D eigenvalue weighted by Crippen LogP contribution is 2.12. The molecule has 0 bridgehead atoms. The van der Waals surface area contributed by atoms with Gasteiger partial charge in [0.2, 0.25) is 0 Å². The van der Waals surface area contributed by atoms with E-state index in [4.69, 9.17) is 4.74 Å². The quantitative estimate of drug-likeness (QED) is 0.661. The van der Waals surface area contributed by atoms with Gasteiger partial charge in [-0.3, -0.25) is 4.79 Å². The van der Waals surface area contributed by atoms with Gasteiger partial charge in [-0.15, -0.1) is 10.2 Å². The third-order valence-electron chi connectivity index (χ3n) is 3.96. The maximum atomic E-state index is 12.5. The highest BCUT2D eigenvalue weighted by molar-refractivity contribution is 5.93. The molecule has 3 heterocycles. The fourth-order valence-electron chi connectivity index (χ4n) is 2.70. The van der Waals surface area contributed by atoms with Crippen LogP contribution in [0.3, 0.4) is 0 Å². The van der Waals surface area contributed by atoms with Crippen LogP contribution in [0.5, 0.6) is 0 Å². The van der Waals surface area contributed by atoms with Crippen LogP contribution in [0.2, 0.25) is 0 Å². The van der Waals surface area contributed by atoms with Crippen LogP contribution in [0.15, 0.2) is 30.9 Å². The molecule has 1 N–H and O–H groups in total. The van der Waals surface area contributed by atoms with Crippen LogP contribution in [0.1, 0.15) is 41.3 Å². The third-order valence-corrected chi connectivity index (χ3v) is 3.96. The van der Waals surface area contributed by atoms with Gasteiger partial charge in [0.15, 0.2) is 5.82 Å².